The maximum absolute atomic E-state index is 12.4. The largest absolute Gasteiger partial charge is 0.448 e. The predicted molar refractivity (Wildman–Crippen MR) is 112 cm³/mol. The van der Waals surface area contributed by atoms with Crippen LogP contribution in [0.1, 0.15) is 29.4 Å². The predicted octanol–water partition coefficient (Wildman–Crippen LogP) is 3.54. The van der Waals surface area contributed by atoms with Crippen molar-refractivity contribution >= 4 is 18.0 Å². The van der Waals surface area contributed by atoms with E-state index in [1.807, 2.05) is 57.2 Å². The lowest BCUT2D eigenvalue weighted by Gasteiger charge is -2.12. The van der Waals surface area contributed by atoms with Crippen molar-refractivity contribution in [1.82, 2.24) is 9.88 Å². The zero-order valence-corrected chi connectivity index (χ0v) is 17.2. The van der Waals surface area contributed by atoms with Crippen LogP contribution in [0.4, 0.5) is 0 Å². The Morgan fingerprint density at radius 1 is 1.28 bits per heavy atom. The number of esters is 1. The van der Waals surface area contributed by atoms with Crippen LogP contribution in [0.3, 0.4) is 0 Å². The fourth-order valence-electron chi connectivity index (χ4n) is 2.91. The second kappa shape index (κ2) is 9.56. The lowest BCUT2D eigenvalue weighted by Crippen LogP contribution is -2.36. The first-order valence-electron chi connectivity index (χ1n) is 9.25. The van der Waals surface area contributed by atoms with Crippen molar-refractivity contribution in [1.29, 1.82) is 5.26 Å². The van der Waals surface area contributed by atoms with E-state index in [4.69, 9.17) is 4.74 Å². The molecular weight excluding hydrogens is 366 g/mol. The topological polar surface area (TPSA) is 84.1 Å². The van der Waals surface area contributed by atoms with Gasteiger partial charge in [0.2, 0.25) is 0 Å². The lowest BCUT2D eigenvalue weighted by molar-refractivity contribution is -0.150. The SMILES string of the molecule is C=CCNC(=O)[C@H](C)OC(=O)/C(C#N)=C/c1cc(C)n(-c2ccc(C)cc2)c1C. The number of nitrogens with one attached hydrogen (secondary N) is 1. The monoisotopic (exact) mass is 391 g/mol. The smallest absolute Gasteiger partial charge is 0.349 e. The Morgan fingerprint density at radius 3 is 2.52 bits per heavy atom. The van der Waals surface area contributed by atoms with E-state index in [-0.39, 0.29) is 12.1 Å². The summed E-state index contributed by atoms with van der Waals surface area (Å²) >= 11 is 0. The molecule has 1 aromatic carbocycles. The Hall–Kier alpha value is -3.59. The van der Waals surface area contributed by atoms with Crippen molar-refractivity contribution in [2.45, 2.75) is 33.8 Å². The van der Waals surface area contributed by atoms with Crippen LogP contribution in [-0.4, -0.2) is 29.1 Å². The van der Waals surface area contributed by atoms with E-state index in [1.165, 1.54) is 19.1 Å². The molecule has 2 rings (SSSR count). The molecule has 150 valence electrons. The fourth-order valence-corrected chi connectivity index (χ4v) is 2.91. The first-order chi connectivity index (χ1) is 13.8. The van der Waals surface area contributed by atoms with Gasteiger partial charge in [-0.1, -0.05) is 23.8 Å². The molecular formula is C23H25N3O3. The van der Waals surface area contributed by atoms with E-state index in [2.05, 4.69) is 16.5 Å². The van der Waals surface area contributed by atoms with Crippen LogP contribution in [0.5, 0.6) is 0 Å². The number of nitriles is 1. The van der Waals surface area contributed by atoms with E-state index in [0.29, 0.717) is 0 Å². The minimum absolute atomic E-state index is 0.169. The summed E-state index contributed by atoms with van der Waals surface area (Å²) < 4.78 is 7.18. The summed E-state index contributed by atoms with van der Waals surface area (Å²) in [5, 5.41) is 12.0. The molecule has 1 aromatic heterocycles. The highest BCUT2D eigenvalue weighted by molar-refractivity contribution is 5.99. The molecule has 2 aromatic rings. The van der Waals surface area contributed by atoms with E-state index in [9.17, 15) is 14.9 Å². The Morgan fingerprint density at radius 2 is 1.93 bits per heavy atom. The molecule has 0 aliphatic rings. The van der Waals surface area contributed by atoms with Crippen LogP contribution in [0.2, 0.25) is 0 Å². The van der Waals surface area contributed by atoms with Crippen LogP contribution in [0, 0.1) is 32.1 Å². The summed E-state index contributed by atoms with van der Waals surface area (Å²) in [7, 11) is 0. The summed E-state index contributed by atoms with van der Waals surface area (Å²) in [6, 6.07) is 11.9. The van der Waals surface area contributed by atoms with Gasteiger partial charge < -0.3 is 14.6 Å². The highest BCUT2D eigenvalue weighted by Crippen LogP contribution is 2.23. The Balaban J connectivity index is 2.27. The lowest BCUT2D eigenvalue weighted by atomic mass is 10.1. The van der Waals surface area contributed by atoms with Gasteiger partial charge >= 0.3 is 5.97 Å². The van der Waals surface area contributed by atoms with Crippen LogP contribution >= 0.6 is 0 Å². The number of carbonyl (C=O) groups is 2. The zero-order valence-electron chi connectivity index (χ0n) is 17.2. The molecule has 0 aliphatic heterocycles. The molecule has 0 aliphatic carbocycles. The maximum Gasteiger partial charge on any atom is 0.349 e. The summed E-state index contributed by atoms with van der Waals surface area (Å²) in [5.74, 6) is -1.29. The number of hydrogen-bond donors (Lipinski definition) is 1. The standard InChI is InChI=1S/C23H25N3O3/c1-6-11-25-22(27)18(5)29-23(28)20(14-24)13-19-12-16(3)26(17(19)4)21-9-7-15(2)8-10-21/h6-10,12-13,18H,1,11H2,2-5H3,(H,25,27)/b20-13+/t18-/m0/s1. The van der Waals surface area contributed by atoms with Gasteiger partial charge in [-0.05, 0) is 57.5 Å². The molecule has 1 N–H and O–H groups in total. The molecule has 0 saturated heterocycles. The summed E-state index contributed by atoms with van der Waals surface area (Å²) in [6.45, 7) is 11.1. The van der Waals surface area contributed by atoms with Crippen molar-refractivity contribution in [3.63, 3.8) is 0 Å². The van der Waals surface area contributed by atoms with Crippen molar-refractivity contribution < 1.29 is 14.3 Å². The number of aryl methyl sites for hydroxylation is 2. The van der Waals surface area contributed by atoms with Crippen molar-refractivity contribution in [2.24, 2.45) is 0 Å². The molecule has 0 bridgehead atoms. The number of carbonyl (C=O) groups excluding carboxylic acids is 2. The summed E-state index contributed by atoms with van der Waals surface area (Å²) in [6.07, 6.45) is 2.00. The highest BCUT2D eigenvalue weighted by Gasteiger charge is 2.21. The maximum atomic E-state index is 12.4. The number of benzene rings is 1. The van der Waals surface area contributed by atoms with Gasteiger partial charge in [0.05, 0.1) is 0 Å². The number of hydrogen-bond acceptors (Lipinski definition) is 4. The van der Waals surface area contributed by atoms with Gasteiger partial charge in [0.15, 0.2) is 6.10 Å². The van der Waals surface area contributed by atoms with Gasteiger partial charge in [0.1, 0.15) is 11.6 Å². The van der Waals surface area contributed by atoms with Crippen molar-refractivity contribution in [3.8, 4) is 11.8 Å². The molecule has 1 atom stereocenters. The molecule has 0 saturated carbocycles. The van der Waals surface area contributed by atoms with E-state index in [0.717, 1.165) is 28.2 Å². The van der Waals surface area contributed by atoms with Gasteiger partial charge in [0.25, 0.3) is 5.91 Å². The number of rotatable bonds is 7. The first-order valence-corrected chi connectivity index (χ1v) is 9.25. The van der Waals surface area contributed by atoms with Gasteiger partial charge in [-0.25, -0.2) is 4.79 Å². The molecule has 0 radical (unpaired) electrons. The van der Waals surface area contributed by atoms with Crippen LogP contribution in [0.15, 0.2) is 48.6 Å². The average molecular weight is 391 g/mol. The minimum Gasteiger partial charge on any atom is -0.448 e. The number of amides is 1. The van der Waals surface area contributed by atoms with Gasteiger partial charge in [-0.2, -0.15) is 5.26 Å². The van der Waals surface area contributed by atoms with E-state index in [1.54, 1.807) is 0 Å². The average Bonchev–Trinajstić information content (AvgIpc) is 2.97. The van der Waals surface area contributed by atoms with Crippen molar-refractivity contribution in [3.05, 3.63) is 71.1 Å². The molecule has 1 heterocycles. The van der Waals surface area contributed by atoms with Crippen LogP contribution < -0.4 is 5.32 Å². The Kier molecular flexibility index (Phi) is 7.15. The molecule has 6 heteroatoms. The van der Waals surface area contributed by atoms with E-state index < -0.39 is 18.0 Å². The second-order valence-corrected chi connectivity index (χ2v) is 6.75. The molecule has 0 unspecified atom stereocenters. The van der Waals surface area contributed by atoms with Gasteiger partial charge in [-0.15, -0.1) is 6.58 Å². The third-order valence-electron chi connectivity index (χ3n) is 4.48. The van der Waals surface area contributed by atoms with Crippen LogP contribution in [-0.2, 0) is 14.3 Å². The highest BCUT2D eigenvalue weighted by atomic mass is 16.5. The second-order valence-electron chi connectivity index (χ2n) is 6.75. The normalized spacial score (nSPS) is 12.0. The summed E-state index contributed by atoms with van der Waals surface area (Å²) in [5.41, 5.74) is 4.60. The van der Waals surface area contributed by atoms with Crippen molar-refractivity contribution in [2.75, 3.05) is 6.54 Å². The molecule has 1 amide bonds. The third-order valence-corrected chi connectivity index (χ3v) is 4.48. The van der Waals surface area contributed by atoms with Crippen LogP contribution in [0.25, 0.3) is 11.8 Å². The zero-order chi connectivity index (χ0) is 21.6. The molecule has 0 spiro atoms. The number of nitrogens with zero attached hydrogens (tertiary/aromatic N) is 2. The minimum atomic E-state index is -1.01. The quantitative estimate of drug-likeness (QED) is 0.339. The van der Waals surface area contributed by atoms with Gasteiger partial charge in [0, 0.05) is 23.6 Å². The van der Waals surface area contributed by atoms with Gasteiger partial charge in [-0.3, -0.25) is 4.79 Å². The Labute approximate surface area is 171 Å². The summed E-state index contributed by atoms with van der Waals surface area (Å²) in [4.78, 5) is 24.2. The first kappa shape index (κ1) is 21.7. The molecule has 29 heavy (non-hydrogen) atoms. The number of aromatic nitrogens is 1. The number of ether oxygens (including phenoxy) is 1. The fraction of sp³-hybridized carbons (Fsp3) is 0.261. The molecule has 0 fully saturated rings. The molecule has 6 nitrogen and oxygen atoms in total. The Bertz CT molecular complexity index is 992. The third kappa shape index (κ3) is 5.23. The van der Waals surface area contributed by atoms with E-state index >= 15 is 0 Å².